The predicted molar refractivity (Wildman–Crippen MR) is 198 cm³/mol. The molecule has 0 bridgehead atoms. The van der Waals surface area contributed by atoms with E-state index in [2.05, 4.69) is 182 Å². The molecule has 0 heteroatoms. The monoisotopic (exact) mass is 582 g/mol. The average molecular weight is 583 g/mol. The third kappa shape index (κ3) is 4.30. The van der Waals surface area contributed by atoms with E-state index in [-0.39, 0.29) is 0 Å². The molecule has 46 heavy (non-hydrogen) atoms. The molecule has 0 aromatic heterocycles. The fourth-order valence-electron chi connectivity index (χ4n) is 7.38. The van der Waals surface area contributed by atoms with Crippen LogP contribution in [0.4, 0.5) is 0 Å². The van der Waals surface area contributed by atoms with E-state index in [1.165, 1.54) is 87.6 Å². The van der Waals surface area contributed by atoms with E-state index < -0.39 is 0 Å². The molecule has 0 heterocycles. The van der Waals surface area contributed by atoms with Crippen molar-refractivity contribution in [3.05, 3.63) is 182 Å². The van der Waals surface area contributed by atoms with Gasteiger partial charge in [0.2, 0.25) is 0 Å². The van der Waals surface area contributed by atoms with Gasteiger partial charge in [-0.2, -0.15) is 0 Å². The minimum absolute atomic E-state index is 1.22. The van der Waals surface area contributed by atoms with Gasteiger partial charge >= 0.3 is 0 Å². The van der Waals surface area contributed by atoms with E-state index in [1.807, 2.05) is 0 Å². The van der Waals surface area contributed by atoms with Gasteiger partial charge in [0, 0.05) is 0 Å². The van der Waals surface area contributed by atoms with Crippen LogP contribution in [0.5, 0.6) is 0 Å². The molecule has 0 atom stereocenters. The Morgan fingerprint density at radius 1 is 0.217 bits per heavy atom. The summed E-state index contributed by atoms with van der Waals surface area (Å²) in [6.45, 7) is 0. The summed E-state index contributed by atoms with van der Waals surface area (Å²) in [6, 6.07) is 66.6. The first kappa shape index (κ1) is 26.4. The van der Waals surface area contributed by atoms with Crippen molar-refractivity contribution in [2.45, 2.75) is 0 Å². The van der Waals surface area contributed by atoms with Crippen LogP contribution in [0.25, 0.3) is 87.6 Å². The van der Waals surface area contributed by atoms with Crippen molar-refractivity contribution in [1.82, 2.24) is 0 Å². The summed E-state index contributed by atoms with van der Waals surface area (Å²) in [4.78, 5) is 0. The molecule has 0 nitrogen and oxygen atoms in total. The topological polar surface area (TPSA) is 0 Å². The fourth-order valence-corrected chi connectivity index (χ4v) is 7.38. The molecule has 0 saturated carbocycles. The molecular weight excluding hydrogens is 553 g/mol. The molecule has 0 aliphatic rings. The minimum atomic E-state index is 1.22. The van der Waals surface area contributed by atoms with Crippen molar-refractivity contribution in [2.24, 2.45) is 0 Å². The van der Waals surface area contributed by atoms with Gasteiger partial charge in [-0.1, -0.05) is 170 Å². The molecule has 0 N–H and O–H groups in total. The van der Waals surface area contributed by atoms with E-state index in [0.717, 1.165) is 0 Å². The lowest BCUT2D eigenvalue weighted by Crippen LogP contribution is -1.93. The SMILES string of the molecule is c1cc(-c2cccc3ccccc23)cc(-c2c(-c3cccc(-c4cccc5ccccc45)c3)c3ccccc3c3ccccc23)c1. The van der Waals surface area contributed by atoms with Gasteiger partial charge in [-0.05, 0) is 99.7 Å². The van der Waals surface area contributed by atoms with Crippen molar-refractivity contribution in [1.29, 1.82) is 0 Å². The second-order valence-corrected chi connectivity index (χ2v) is 12.1. The Bertz CT molecular complexity index is 2390. The van der Waals surface area contributed by atoms with Crippen molar-refractivity contribution in [3.8, 4) is 44.5 Å². The van der Waals surface area contributed by atoms with Crippen LogP contribution in [0.2, 0.25) is 0 Å². The molecule has 0 spiro atoms. The van der Waals surface area contributed by atoms with Gasteiger partial charge in [-0.3, -0.25) is 0 Å². The summed E-state index contributed by atoms with van der Waals surface area (Å²) in [5.74, 6) is 0. The van der Waals surface area contributed by atoms with Crippen LogP contribution in [0.3, 0.4) is 0 Å². The molecule has 0 aliphatic carbocycles. The van der Waals surface area contributed by atoms with Crippen LogP contribution in [0.15, 0.2) is 182 Å². The third-order valence-electron chi connectivity index (χ3n) is 9.44. The number of hydrogen-bond donors (Lipinski definition) is 0. The van der Waals surface area contributed by atoms with Gasteiger partial charge in [0.25, 0.3) is 0 Å². The summed E-state index contributed by atoms with van der Waals surface area (Å²) in [6.07, 6.45) is 0. The molecule has 9 aromatic rings. The Labute approximate surface area is 268 Å². The Morgan fingerprint density at radius 2 is 0.543 bits per heavy atom. The molecule has 9 rings (SSSR count). The first-order chi connectivity index (χ1) is 22.8. The molecule has 0 amide bonds. The summed E-state index contributed by atoms with van der Waals surface area (Å²) in [7, 11) is 0. The molecule has 0 fully saturated rings. The Kier molecular flexibility index (Phi) is 6.25. The zero-order chi connectivity index (χ0) is 30.5. The maximum atomic E-state index is 2.39. The maximum absolute atomic E-state index is 2.39. The second-order valence-electron chi connectivity index (χ2n) is 12.1. The molecular formula is C46H30. The predicted octanol–water partition coefficient (Wildman–Crippen LogP) is 13.0. The van der Waals surface area contributed by atoms with Crippen molar-refractivity contribution < 1.29 is 0 Å². The highest BCUT2D eigenvalue weighted by Crippen LogP contribution is 2.46. The summed E-state index contributed by atoms with van der Waals surface area (Å²) in [5.41, 5.74) is 9.94. The quantitative estimate of drug-likeness (QED) is 0.181. The zero-order valence-electron chi connectivity index (χ0n) is 25.3. The van der Waals surface area contributed by atoms with E-state index in [4.69, 9.17) is 0 Å². The normalized spacial score (nSPS) is 11.5. The lowest BCUT2D eigenvalue weighted by Gasteiger charge is -2.20. The summed E-state index contributed by atoms with van der Waals surface area (Å²) < 4.78 is 0. The Morgan fingerprint density at radius 3 is 1.00 bits per heavy atom. The van der Waals surface area contributed by atoms with E-state index in [0.29, 0.717) is 0 Å². The maximum Gasteiger partial charge on any atom is -0.00201 e. The summed E-state index contributed by atoms with van der Waals surface area (Å²) in [5, 5.41) is 10.1. The lowest BCUT2D eigenvalue weighted by molar-refractivity contribution is 1.60. The molecule has 9 aromatic carbocycles. The Hall–Kier alpha value is -5.98. The highest BCUT2D eigenvalue weighted by Gasteiger charge is 2.19. The van der Waals surface area contributed by atoms with Gasteiger partial charge in [-0.15, -0.1) is 0 Å². The minimum Gasteiger partial charge on any atom is -0.0616 e. The van der Waals surface area contributed by atoms with Crippen molar-refractivity contribution in [2.75, 3.05) is 0 Å². The van der Waals surface area contributed by atoms with E-state index >= 15 is 0 Å². The molecule has 0 aliphatic heterocycles. The highest BCUT2D eigenvalue weighted by molar-refractivity contribution is 6.22. The third-order valence-corrected chi connectivity index (χ3v) is 9.44. The van der Waals surface area contributed by atoms with E-state index in [1.54, 1.807) is 0 Å². The first-order valence-corrected chi connectivity index (χ1v) is 15.9. The highest BCUT2D eigenvalue weighted by atomic mass is 14.2. The molecule has 0 unspecified atom stereocenters. The van der Waals surface area contributed by atoms with Gasteiger partial charge in [0.1, 0.15) is 0 Å². The van der Waals surface area contributed by atoms with Crippen LogP contribution < -0.4 is 0 Å². The van der Waals surface area contributed by atoms with Crippen LogP contribution in [0.1, 0.15) is 0 Å². The summed E-state index contributed by atoms with van der Waals surface area (Å²) >= 11 is 0. The van der Waals surface area contributed by atoms with Crippen molar-refractivity contribution in [3.63, 3.8) is 0 Å². The first-order valence-electron chi connectivity index (χ1n) is 15.9. The molecule has 214 valence electrons. The molecule has 0 saturated heterocycles. The fraction of sp³-hybridized carbons (Fsp3) is 0. The number of rotatable bonds is 4. The van der Waals surface area contributed by atoms with Crippen LogP contribution >= 0.6 is 0 Å². The largest absolute Gasteiger partial charge is 0.0616 e. The standard InChI is InChI=1S/C46H30/c1-3-21-37-31(13-1)15-11-27-39(37)33-17-9-19-35(29-33)45-43-25-7-5-23-41(43)42-24-6-8-26-44(42)46(45)36-20-10-18-34(30-36)40-28-12-16-32-14-2-4-22-38(32)40/h1-30H. The van der Waals surface area contributed by atoms with Gasteiger partial charge < -0.3 is 0 Å². The smallest absolute Gasteiger partial charge is 0.00201 e. The number of benzene rings is 9. The van der Waals surface area contributed by atoms with Gasteiger partial charge in [0.15, 0.2) is 0 Å². The number of hydrogen-bond acceptors (Lipinski definition) is 0. The van der Waals surface area contributed by atoms with Gasteiger partial charge in [-0.25, -0.2) is 0 Å². The zero-order valence-corrected chi connectivity index (χ0v) is 25.3. The van der Waals surface area contributed by atoms with Crippen LogP contribution in [0, 0.1) is 0 Å². The Balaban J connectivity index is 1.34. The lowest BCUT2D eigenvalue weighted by atomic mass is 9.83. The number of fused-ring (bicyclic) bond motifs is 5. The second kappa shape index (κ2) is 10.9. The molecule has 0 radical (unpaired) electrons. The van der Waals surface area contributed by atoms with E-state index in [9.17, 15) is 0 Å². The van der Waals surface area contributed by atoms with Crippen LogP contribution in [-0.4, -0.2) is 0 Å². The van der Waals surface area contributed by atoms with Crippen LogP contribution in [-0.2, 0) is 0 Å². The van der Waals surface area contributed by atoms with Crippen molar-refractivity contribution >= 4 is 43.1 Å². The average Bonchev–Trinajstić information content (AvgIpc) is 3.14. The van der Waals surface area contributed by atoms with Gasteiger partial charge in [0.05, 0.1) is 0 Å².